The average molecular weight is 373 g/mol. The van der Waals surface area contributed by atoms with Gasteiger partial charge in [0.15, 0.2) is 0 Å². The van der Waals surface area contributed by atoms with Crippen molar-refractivity contribution < 1.29 is 5.11 Å². The van der Waals surface area contributed by atoms with Crippen molar-refractivity contribution in [2.75, 3.05) is 0 Å². The molecule has 2 aromatic rings. The van der Waals surface area contributed by atoms with Crippen molar-refractivity contribution in [3.8, 4) is 0 Å². The van der Waals surface area contributed by atoms with Crippen LogP contribution in [0.4, 0.5) is 0 Å². The van der Waals surface area contributed by atoms with Gasteiger partial charge in [0, 0.05) is 15.0 Å². The van der Waals surface area contributed by atoms with Gasteiger partial charge in [-0.3, -0.25) is 0 Å². The lowest BCUT2D eigenvalue weighted by atomic mass is 9.98. The van der Waals surface area contributed by atoms with E-state index in [-0.39, 0.29) is 0 Å². The van der Waals surface area contributed by atoms with Gasteiger partial charge < -0.3 is 5.11 Å². The van der Waals surface area contributed by atoms with Gasteiger partial charge in [0.25, 0.3) is 0 Å². The molecular formula is C15H14ClIO. The molecule has 2 rings (SSSR count). The van der Waals surface area contributed by atoms with Crippen LogP contribution in [0.1, 0.15) is 22.8 Å². The summed E-state index contributed by atoms with van der Waals surface area (Å²) in [6, 6.07) is 13.8. The van der Waals surface area contributed by atoms with Crippen molar-refractivity contribution in [2.45, 2.75) is 19.4 Å². The summed E-state index contributed by atoms with van der Waals surface area (Å²) in [5.74, 6) is 0. The molecule has 0 aliphatic rings. The first kappa shape index (κ1) is 13.8. The molecule has 18 heavy (non-hydrogen) atoms. The minimum absolute atomic E-state index is 0.510. The zero-order chi connectivity index (χ0) is 13.1. The summed E-state index contributed by atoms with van der Waals surface area (Å²) in [4.78, 5) is 0. The van der Waals surface area contributed by atoms with E-state index in [9.17, 15) is 5.11 Å². The zero-order valence-electron chi connectivity index (χ0n) is 10.0. The van der Waals surface area contributed by atoms with Crippen LogP contribution in [0.2, 0.25) is 5.02 Å². The maximum Gasteiger partial charge on any atom is 0.0833 e. The van der Waals surface area contributed by atoms with Crippen LogP contribution in [0.15, 0.2) is 42.5 Å². The number of aliphatic hydroxyl groups is 1. The Balaban J connectivity index is 2.18. The quantitative estimate of drug-likeness (QED) is 0.785. The molecule has 0 fully saturated rings. The van der Waals surface area contributed by atoms with E-state index in [1.54, 1.807) is 0 Å². The SMILES string of the molecule is Cc1ccc(Cl)cc1C(O)Cc1ccc(I)cc1. The zero-order valence-corrected chi connectivity index (χ0v) is 12.9. The number of rotatable bonds is 3. The smallest absolute Gasteiger partial charge is 0.0833 e. The largest absolute Gasteiger partial charge is 0.388 e. The fourth-order valence-corrected chi connectivity index (χ4v) is 2.46. The van der Waals surface area contributed by atoms with Crippen LogP contribution >= 0.6 is 34.2 Å². The summed E-state index contributed by atoms with van der Waals surface area (Å²) in [6.45, 7) is 1.99. The number of benzene rings is 2. The third-order valence-corrected chi connectivity index (χ3v) is 3.90. The molecule has 0 bridgehead atoms. The fourth-order valence-electron chi connectivity index (χ4n) is 1.92. The number of halogens is 2. The van der Waals surface area contributed by atoms with Crippen molar-refractivity contribution in [1.29, 1.82) is 0 Å². The standard InChI is InChI=1S/C15H14ClIO/c1-10-2-5-12(16)9-14(10)15(18)8-11-3-6-13(17)7-4-11/h2-7,9,15,18H,8H2,1H3. The van der Waals surface area contributed by atoms with Crippen LogP contribution in [0.3, 0.4) is 0 Å². The predicted molar refractivity (Wildman–Crippen MR) is 84.0 cm³/mol. The minimum atomic E-state index is -0.510. The second-order valence-corrected chi connectivity index (χ2v) is 6.03. The van der Waals surface area contributed by atoms with Gasteiger partial charge in [-0.15, -0.1) is 0 Å². The van der Waals surface area contributed by atoms with Crippen LogP contribution in [0.5, 0.6) is 0 Å². The first-order valence-electron chi connectivity index (χ1n) is 5.75. The third-order valence-electron chi connectivity index (χ3n) is 2.94. The maximum atomic E-state index is 10.3. The number of hydrogen-bond donors (Lipinski definition) is 1. The monoisotopic (exact) mass is 372 g/mol. The lowest BCUT2D eigenvalue weighted by molar-refractivity contribution is 0.177. The van der Waals surface area contributed by atoms with Gasteiger partial charge in [0.2, 0.25) is 0 Å². The molecular weight excluding hydrogens is 359 g/mol. The normalized spacial score (nSPS) is 12.4. The van der Waals surface area contributed by atoms with Gasteiger partial charge >= 0.3 is 0 Å². The molecule has 0 heterocycles. The van der Waals surface area contributed by atoms with Gasteiger partial charge in [0.1, 0.15) is 0 Å². The van der Waals surface area contributed by atoms with Crippen LogP contribution in [-0.2, 0) is 6.42 Å². The average Bonchev–Trinajstić information content (AvgIpc) is 2.35. The number of aliphatic hydroxyl groups excluding tert-OH is 1. The van der Waals surface area contributed by atoms with E-state index < -0.39 is 6.10 Å². The molecule has 0 aliphatic carbocycles. The summed E-state index contributed by atoms with van der Waals surface area (Å²) >= 11 is 8.24. The number of aryl methyl sites for hydroxylation is 1. The molecule has 1 unspecified atom stereocenters. The lowest BCUT2D eigenvalue weighted by Crippen LogP contribution is -2.04. The van der Waals surface area contributed by atoms with Crippen molar-refractivity contribution >= 4 is 34.2 Å². The van der Waals surface area contributed by atoms with Gasteiger partial charge in [0.05, 0.1) is 6.10 Å². The van der Waals surface area contributed by atoms with E-state index >= 15 is 0 Å². The highest BCUT2D eigenvalue weighted by atomic mass is 127. The van der Waals surface area contributed by atoms with Crippen LogP contribution in [0.25, 0.3) is 0 Å². The summed E-state index contributed by atoms with van der Waals surface area (Å²) in [5, 5.41) is 11.0. The first-order chi connectivity index (χ1) is 8.56. The van der Waals surface area contributed by atoms with E-state index in [1.807, 2.05) is 49.4 Å². The first-order valence-corrected chi connectivity index (χ1v) is 7.20. The van der Waals surface area contributed by atoms with E-state index in [0.717, 1.165) is 16.7 Å². The summed E-state index contributed by atoms with van der Waals surface area (Å²) in [7, 11) is 0. The summed E-state index contributed by atoms with van der Waals surface area (Å²) in [6.07, 6.45) is 0.0988. The number of hydrogen-bond acceptors (Lipinski definition) is 1. The Hall–Kier alpha value is -0.580. The molecule has 94 valence electrons. The molecule has 0 amide bonds. The van der Waals surface area contributed by atoms with E-state index in [4.69, 9.17) is 11.6 Å². The molecule has 0 saturated carbocycles. The van der Waals surface area contributed by atoms with Crippen molar-refractivity contribution in [1.82, 2.24) is 0 Å². The topological polar surface area (TPSA) is 20.2 Å². The Bertz CT molecular complexity index is 537. The predicted octanol–water partition coefficient (Wildman–Crippen LogP) is 4.53. The van der Waals surface area contributed by atoms with Crippen LogP contribution in [-0.4, -0.2) is 5.11 Å². The molecule has 0 saturated heterocycles. The Morgan fingerprint density at radius 1 is 1.17 bits per heavy atom. The second kappa shape index (κ2) is 6.04. The van der Waals surface area contributed by atoms with E-state index in [2.05, 4.69) is 22.6 Å². The van der Waals surface area contributed by atoms with E-state index in [0.29, 0.717) is 11.4 Å². The molecule has 0 spiro atoms. The molecule has 0 radical (unpaired) electrons. The Labute approximate surface area is 126 Å². The van der Waals surface area contributed by atoms with Gasteiger partial charge in [-0.25, -0.2) is 0 Å². The van der Waals surface area contributed by atoms with Gasteiger partial charge in [-0.2, -0.15) is 0 Å². The highest BCUT2D eigenvalue weighted by Gasteiger charge is 2.11. The lowest BCUT2D eigenvalue weighted by Gasteiger charge is -2.14. The van der Waals surface area contributed by atoms with Gasteiger partial charge in [-0.05, 0) is 70.5 Å². The summed E-state index contributed by atoms with van der Waals surface area (Å²) in [5.41, 5.74) is 3.10. The summed E-state index contributed by atoms with van der Waals surface area (Å²) < 4.78 is 1.20. The van der Waals surface area contributed by atoms with Crippen LogP contribution in [0, 0.1) is 10.5 Å². The fraction of sp³-hybridized carbons (Fsp3) is 0.200. The Morgan fingerprint density at radius 3 is 2.50 bits per heavy atom. The molecule has 1 atom stereocenters. The highest BCUT2D eigenvalue weighted by Crippen LogP contribution is 2.25. The van der Waals surface area contributed by atoms with E-state index in [1.165, 1.54) is 3.57 Å². The molecule has 0 aliphatic heterocycles. The van der Waals surface area contributed by atoms with Crippen molar-refractivity contribution in [3.05, 3.63) is 67.7 Å². The Morgan fingerprint density at radius 2 is 1.83 bits per heavy atom. The molecule has 1 N–H and O–H groups in total. The maximum absolute atomic E-state index is 10.3. The Kier molecular flexibility index (Phi) is 4.65. The molecule has 2 aromatic carbocycles. The van der Waals surface area contributed by atoms with Crippen molar-refractivity contribution in [2.24, 2.45) is 0 Å². The second-order valence-electron chi connectivity index (χ2n) is 4.35. The minimum Gasteiger partial charge on any atom is -0.388 e. The molecule has 1 nitrogen and oxygen atoms in total. The van der Waals surface area contributed by atoms with Gasteiger partial charge in [-0.1, -0.05) is 29.8 Å². The third kappa shape index (κ3) is 3.46. The molecule has 3 heteroatoms. The van der Waals surface area contributed by atoms with Crippen molar-refractivity contribution in [3.63, 3.8) is 0 Å². The molecule has 0 aromatic heterocycles. The highest BCUT2D eigenvalue weighted by molar-refractivity contribution is 14.1. The van der Waals surface area contributed by atoms with Crippen LogP contribution < -0.4 is 0 Å².